The number of rotatable bonds is 5. The number of aliphatic hydroxyl groups is 4. The molecule has 8 atom stereocenters. The van der Waals surface area contributed by atoms with Crippen molar-refractivity contribution in [2.45, 2.75) is 108 Å². The van der Waals surface area contributed by atoms with Gasteiger partial charge in [-0.3, -0.25) is 9.79 Å². The highest BCUT2D eigenvalue weighted by Gasteiger charge is 2.39. The summed E-state index contributed by atoms with van der Waals surface area (Å²) in [5.74, 6) is 5.82. The summed E-state index contributed by atoms with van der Waals surface area (Å²) < 4.78 is 12.2. The number of phenols is 1. The van der Waals surface area contributed by atoms with E-state index in [4.69, 9.17) is 15.2 Å². The van der Waals surface area contributed by atoms with E-state index in [0.29, 0.717) is 18.4 Å². The summed E-state index contributed by atoms with van der Waals surface area (Å²) in [5, 5.41) is 60.4. The molecule has 0 unspecified atom stereocenters. The highest BCUT2D eigenvalue weighted by atomic mass is 16.5. The molecule has 3 aliphatic rings. The van der Waals surface area contributed by atoms with Gasteiger partial charge in [-0.25, -0.2) is 0 Å². The minimum absolute atomic E-state index is 0.112. The van der Waals surface area contributed by atoms with Crippen molar-refractivity contribution in [2.24, 2.45) is 28.0 Å². The Kier molecular flexibility index (Phi) is 12.0. The first-order valence-electron chi connectivity index (χ1n) is 16.0. The second-order valence-corrected chi connectivity index (χ2v) is 12.9. The number of fused-ring (bicyclic) bond motifs is 5. The predicted octanol–water partition coefficient (Wildman–Crippen LogP) is 1.21. The summed E-state index contributed by atoms with van der Waals surface area (Å²) in [7, 11) is 1.56. The van der Waals surface area contributed by atoms with Gasteiger partial charge >= 0.3 is 5.97 Å². The fourth-order valence-corrected chi connectivity index (χ4v) is 6.93. The molecule has 1 saturated heterocycles. The summed E-state index contributed by atoms with van der Waals surface area (Å²) in [5.41, 5.74) is 5.61. The SMILES string of the molecule is CN=C(N)NC[C@]1([C@H](C)O)C#C[C@H]2CCC[C@H]3C[C@H](CCN3)Oc3cc(c(C(O)O)cc3O)C[C@H]2[C@@H](OC(C)=O)C[C@@H](O)CC1. The van der Waals surface area contributed by atoms with Gasteiger partial charge in [0.05, 0.1) is 17.6 Å². The number of aromatic hydroxyl groups is 1. The van der Waals surface area contributed by atoms with Gasteiger partial charge in [-0.05, 0) is 76.1 Å². The molecule has 0 radical (unpaired) electrons. The maximum absolute atomic E-state index is 12.4. The number of nitrogens with one attached hydrogen (secondary N) is 2. The maximum atomic E-state index is 12.4. The lowest BCUT2D eigenvalue weighted by Gasteiger charge is -2.37. The lowest BCUT2D eigenvalue weighted by molar-refractivity contribution is -0.152. The number of hydrogen-bond donors (Lipinski definition) is 8. The third-order valence-electron chi connectivity index (χ3n) is 9.63. The van der Waals surface area contributed by atoms with Crippen LogP contribution in [0.25, 0.3) is 0 Å². The average molecular weight is 631 g/mol. The summed E-state index contributed by atoms with van der Waals surface area (Å²) in [4.78, 5) is 16.4. The molecule has 4 bridgehead atoms. The van der Waals surface area contributed by atoms with Crippen molar-refractivity contribution >= 4 is 11.9 Å². The Hall–Kier alpha value is -3.08. The van der Waals surface area contributed by atoms with Gasteiger partial charge in [-0.1, -0.05) is 18.3 Å². The number of guanidine groups is 1. The second-order valence-electron chi connectivity index (χ2n) is 12.9. The normalized spacial score (nSPS) is 31.8. The number of phenolic OH excluding ortho intramolecular Hbond substituents is 1. The average Bonchev–Trinajstić information content (AvgIpc) is 2.99. The molecule has 250 valence electrons. The topological polar surface area (TPSA) is 199 Å². The smallest absolute Gasteiger partial charge is 0.302 e. The molecule has 12 heteroatoms. The van der Waals surface area contributed by atoms with Gasteiger partial charge in [0.2, 0.25) is 0 Å². The van der Waals surface area contributed by atoms with Crippen LogP contribution in [0.3, 0.4) is 0 Å². The Bertz CT molecular complexity index is 1260. The number of carbonyl (C=O) groups is 1. The number of hydrogen-bond acceptors (Lipinski definition) is 10. The standard InChI is InChI=1S/C33H50N4O8/c1-19(38)33(18-37-32(34)35-3)10-7-21-5-4-6-23-15-25(9-12-36-23)45-30-14-22(27(31(42)43)17-28(30)41)13-26(21)29(44-20(2)39)16-24(40)8-11-33/h14,17,19,21,23-26,29,31,36,38,40-43H,4-6,8-9,11-13,15-16,18H2,1-3H3,(H3,34,35,37)/t19-,21+,23-,24-,25-,26+,29-,33-/m0/s1. The van der Waals surface area contributed by atoms with E-state index in [1.54, 1.807) is 20.0 Å². The molecule has 1 fully saturated rings. The number of nitrogens with two attached hydrogens (primary N) is 1. The molecule has 2 heterocycles. The van der Waals surface area contributed by atoms with Crippen molar-refractivity contribution in [3.8, 4) is 23.3 Å². The Morgan fingerprint density at radius 3 is 2.71 bits per heavy atom. The molecule has 1 aliphatic carbocycles. The molecular weight excluding hydrogens is 580 g/mol. The molecule has 0 aromatic heterocycles. The number of ether oxygens (including phenoxy) is 2. The molecule has 0 saturated carbocycles. The summed E-state index contributed by atoms with van der Waals surface area (Å²) in [6.07, 6.45) is 0.299. The van der Waals surface area contributed by atoms with Gasteiger partial charge in [0.15, 0.2) is 23.7 Å². The third-order valence-corrected chi connectivity index (χ3v) is 9.63. The van der Waals surface area contributed by atoms with Gasteiger partial charge in [-0.15, -0.1) is 0 Å². The second kappa shape index (κ2) is 15.5. The molecule has 0 spiro atoms. The molecule has 9 N–H and O–H groups in total. The quantitative estimate of drug-likeness (QED) is 0.0765. The zero-order valence-corrected chi connectivity index (χ0v) is 26.5. The van der Waals surface area contributed by atoms with E-state index in [9.17, 15) is 30.3 Å². The first-order chi connectivity index (χ1) is 21.4. The third kappa shape index (κ3) is 9.01. The van der Waals surface area contributed by atoms with Crippen LogP contribution in [0.1, 0.15) is 82.6 Å². The highest BCUT2D eigenvalue weighted by Crippen LogP contribution is 2.40. The predicted molar refractivity (Wildman–Crippen MR) is 168 cm³/mol. The van der Waals surface area contributed by atoms with Crippen LogP contribution in [0.15, 0.2) is 17.1 Å². The maximum Gasteiger partial charge on any atom is 0.302 e. The fourth-order valence-electron chi connectivity index (χ4n) is 6.93. The van der Waals surface area contributed by atoms with Crippen molar-refractivity contribution in [3.63, 3.8) is 0 Å². The number of esters is 1. The number of benzene rings is 1. The van der Waals surface area contributed by atoms with Gasteiger partial charge in [0.25, 0.3) is 0 Å². The number of nitrogens with zero attached hydrogens (tertiary/aromatic N) is 1. The van der Waals surface area contributed by atoms with Crippen LogP contribution in [-0.4, -0.2) is 88.1 Å². The van der Waals surface area contributed by atoms with Crippen molar-refractivity contribution in [2.75, 3.05) is 20.1 Å². The van der Waals surface area contributed by atoms with E-state index in [0.717, 1.165) is 32.2 Å². The molecular formula is C33H50N4O8. The van der Waals surface area contributed by atoms with Crippen molar-refractivity contribution in [1.82, 2.24) is 10.6 Å². The fraction of sp³-hybridized carbons (Fsp3) is 0.697. The van der Waals surface area contributed by atoms with Crippen LogP contribution in [-0.2, 0) is 16.0 Å². The molecule has 4 rings (SSSR count). The summed E-state index contributed by atoms with van der Waals surface area (Å²) in [6, 6.07) is 3.15. The molecule has 2 aliphatic heterocycles. The molecule has 45 heavy (non-hydrogen) atoms. The van der Waals surface area contributed by atoms with E-state index < -0.39 is 41.9 Å². The van der Waals surface area contributed by atoms with Crippen LogP contribution in [0.2, 0.25) is 0 Å². The highest BCUT2D eigenvalue weighted by molar-refractivity contribution is 5.77. The van der Waals surface area contributed by atoms with Gasteiger partial charge in [0, 0.05) is 50.4 Å². The molecule has 0 amide bonds. The molecule has 1 aromatic carbocycles. The van der Waals surface area contributed by atoms with E-state index in [1.165, 1.54) is 13.0 Å². The lowest BCUT2D eigenvalue weighted by atomic mass is 9.72. The van der Waals surface area contributed by atoms with E-state index in [1.807, 2.05) is 0 Å². The Balaban J connectivity index is 1.88. The number of piperidine rings is 1. The van der Waals surface area contributed by atoms with E-state index in [2.05, 4.69) is 27.5 Å². The lowest BCUT2D eigenvalue weighted by Crippen LogP contribution is -2.47. The van der Waals surface area contributed by atoms with Gasteiger partial charge in [0.1, 0.15) is 12.2 Å². The van der Waals surface area contributed by atoms with Crippen LogP contribution in [0, 0.1) is 29.1 Å². The first-order valence-corrected chi connectivity index (χ1v) is 16.0. The molecule has 1 aromatic rings. The Morgan fingerprint density at radius 1 is 1.24 bits per heavy atom. The van der Waals surface area contributed by atoms with Crippen LogP contribution < -0.4 is 21.1 Å². The minimum Gasteiger partial charge on any atom is -0.504 e. The first kappa shape index (κ1) is 34.8. The van der Waals surface area contributed by atoms with Crippen molar-refractivity contribution < 1.29 is 39.8 Å². The monoisotopic (exact) mass is 630 g/mol. The Labute approximate surface area is 265 Å². The zero-order valence-electron chi connectivity index (χ0n) is 26.5. The van der Waals surface area contributed by atoms with Gasteiger partial charge in [-0.2, -0.15) is 0 Å². The van der Waals surface area contributed by atoms with E-state index in [-0.39, 0.29) is 66.9 Å². The van der Waals surface area contributed by atoms with Crippen LogP contribution in [0.5, 0.6) is 11.5 Å². The number of carbonyl (C=O) groups excluding carboxylic acids is 1. The molecule has 12 nitrogen and oxygen atoms in total. The number of aliphatic imine (C=N–C) groups is 1. The van der Waals surface area contributed by atoms with Crippen LogP contribution >= 0.6 is 0 Å². The van der Waals surface area contributed by atoms with Crippen LogP contribution in [0.4, 0.5) is 0 Å². The zero-order chi connectivity index (χ0) is 32.7. The number of aliphatic hydroxyl groups excluding tert-OH is 3. The van der Waals surface area contributed by atoms with Crippen molar-refractivity contribution in [3.05, 3.63) is 23.3 Å². The van der Waals surface area contributed by atoms with Crippen molar-refractivity contribution in [1.29, 1.82) is 0 Å². The largest absolute Gasteiger partial charge is 0.504 e. The Morgan fingerprint density at radius 2 is 2.02 bits per heavy atom. The van der Waals surface area contributed by atoms with Gasteiger partial charge < -0.3 is 51.4 Å². The summed E-state index contributed by atoms with van der Waals surface area (Å²) >= 11 is 0. The minimum atomic E-state index is -1.87. The van der Waals surface area contributed by atoms with E-state index >= 15 is 0 Å². The summed E-state index contributed by atoms with van der Waals surface area (Å²) in [6.45, 7) is 3.99.